The van der Waals surface area contributed by atoms with Crippen LogP contribution in [0.3, 0.4) is 0 Å². The van der Waals surface area contributed by atoms with Gasteiger partial charge in [0.2, 0.25) is 0 Å². The molecule has 1 heterocycles. The lowest BCUT2D eigenvalue weighted by molar-refractivity contribution is -0.141. The third-order valence-electron chi connectivity index (χ3n) is 6.00. The van der Waals surface area contributed by atoms with Gasteiger partial charge in [-0.1, -0.05) is 49.6 Å². The molecule has 2 fully saturated rings. The summed E-state index contributed by atoms with van der Waals surface area (Å²) in [6.07, 6.45) is 5.03. The molecule has 1 aliphatic carbocycles. The van der Waals surface area contributed by atoms with Gasteiger partial charge in [0.05, 0.1) is 18.2 Å². The Morgan fingerprint density at radius 2 is 1.67 bits per heavy atom. The van der Waals surface area contributed by atoms with Crippen molar-refractivity contribution in [2.45, 2.75) is 51.1 Å². The van der Waals surface area contributed by atoms with E-state index in [-0.39, 0.29) is 17.4 Å². The first-order valence-electron chi connectivity index (χ1n) is 10.7. The first-order valence-corrected chi connectivity index (χ1v) is 10.7. The van der Waals surface area contributed by atoms with E-state index in [1.807, 2.05) is 37.3 Å². The van der Waals surface area contributed by atoms with Crippen molar-refractivity contribution in [1.29, 1.82) is 0 Å². The summed E-state index contributed by atoms with van der Waals surface area (Å²) in [4.78, 5) is 27.9. The van der Waals surface area contributed by atoms with E-state index in [1.54, 1.807) is 29.2 Å². The molecule has 2 aromatic carbocycles. The molecule has 1 N–H and O–H groups in total. The molecule has 5 nitrogen and oxygen atoms in total. The molecule has 0 aromatic heterocycles. The van der Waals surface area contributed by atoms with Crippen LogP contribution in [0.2, 0.25) is 0 Å². The normalized spacial score (nSPS) is 21.8. The van der Waals surface area contributed by atoms with E-state index in [0.29, 0.717) is 17.9 Å². The number of carbonyl (C=O) groups excluding carboxylic acids is 2. The van der Waals surface area contributed by atoms with Gasteiger partial charge in [-0.05, 0) is 49.6 Å². The SMILES string of the molecule is CCOc1ccc(/C(O)=C2/C(=O)C(=O)N(C3CCCCC3)C2c2ccccc2)cc1. The monoisotopic (exact) mass is 405 g/mol. The second kappa shape index (κ2) is 8.74. The number of rotatable bonds is 5. The van der Waals surface area contributed by atoms with E-state index in [4.69, 9.17) is 4.74 Å². The van der Waals surface area contributed by atoms with Crippen molar-refractivity contribution in [3.05, 3.63) is 71.3 Å². The van der Waals surface area contributed by atoms with Crippen LogP contribution in [-0.4, -0.2) is 34.3 Å². The van der Waals surface area contributed by atoms with Gasteiger partial charge in [0, 0.05) is 11.6 Å². The molecule has 1 amide bonds. The van der Waals surface area contributed by atoms with Crippen molar-refractivity contribution >= 4 is 17.4 Å². The highest BCUT2D eigenvalue weighted by Crippen LogP contribution is 2.43. The number of likely N-dealkylation sites (tertiary alicyclic amines) is 1. The summed E-state index contributed by atoms with van der Waals surface area (Å²) in [5, 5.41) is 11.1. The number of ketones is 1. The van der Waals surface area contributed by atoms with Crippen LogP contribution >= 0.6 is 0 Å². The van der Waals surface area contributed by atoms with Gasteiger partial charge in [0.1, 0.15) is 11.5 Å². The van der Waals surface area contributed by atoms with Gasteiger partial charge < -0.3 is 14.7 Å². The molecule has 1 aliphatic heterocycles. The van der Waals surface area contributed by atoms with Crippen LogP contribution in [0.1, 0.15) is 56.2 Å². The molecule has 1 atom stereocenters. The van der Waals surface area contributed by atoms with Crippen LogP contribution in [0.4, 0.5) is 0 Å². The highest BCUT2D eigenvalue weighted by molar-refractivity contribution is 6.46. The number of ether oxygens (including phenoxy) is 1. The van der Waals surface area contributed by atoms with Crippen LogP contribution in [-0.2, 0) is 9.59 Å². The standard InChI is InChI=1S/C25H27NO4/c1-2-30-20-15-13-18(14-16-20)23(27)21-22(17-9-5-3-6-10-17)26(25(29)24(21)28)19-11-7-4-8-12-19/h3,5-6,9-10,13-16,19,22,27H,2,4,7-8,11-12H2,1H3/b23-21-. The molecule has 0 bridgehead atoms. The molecule has 1 unspecified atom stereocenters. The third kappa shape index (κ3) is 3.72. The minimum absolute atomic E-state index is 0.0195. The number of hydrogen-bond acceptors (Lipinski definition) is 4. The fraction of sp³-hybridized carbons (Fsp3) is 0.360. The number of benzene rings is 2. The Balaban J connectivity index is 1.80. The van der Waals surface area contributed by atoms with Crippen LogP contribution in [0.5, 0.6) is 5.75 Å². The van der Waals surface area contributed by atoms with Crippen molar-refractivity contribution in [3.8, 4) is 5.75 Å². The summed E-state index contributed by atoms with van der Waals surface area (Å²) in [7, 11) is 0. The average Bonchev–Trinajstić information content (AvgIpc) is 3.06. The number of aliphatic hydroxyl groups is 1. The first kappa shape index (κ1) is 20.2. The quantitative estimate of drug-likeness (QED) is 0.439. The van der Waals surface area contributed by atoms with Gasteiger partial charge in [0.25, 0.3) is 11.7 Å². The first-order chi connectivity index (χ1) is 14.6. The van der Waals surface area contributed by atoms with Crippen molar-refractivity contribution in [1.82, 2.24) is 4.90 Å². The van der Waals surface area contributed by atoms with E-state index in [1.165, 1.54) is 0 Å². The third-order valence-corrected chi connectivity index (χ3v) is 6.00. The summed E-state index contributed by atoms with van der Waals surface area (Å²) in [5.74, 6) is -0.566. The van der Waals surface area contributed by atoms with Gasteiger partial charge in [-0.2, -0.15) is 0 Å². The predicted octanol–water partition coefficient (Wildman–Crippen LogP) is 4.84. The smallest absolute Gasteiger partial charge is 0.295 e. The summed E-state index contributed by atoms with van der Waals surface area (Å²) in [6.45, 7) is 2.45. The lowest BCUT2D eigenvalue weighted by Crippen LogP contribution is -2.40. The highest BCUT2D eigenvalue weighted by Gasteiger charge is 2.48. The summed E-state index contributed by atoms with van der Waals surface area (Å²) < 4.78 is 5.46. The average molecular weight is 405 g/mol. The minimum Gasteiger partial charge on any atom is -0.507 e. The van der Waals surface area contributed by atoms with Crippen molar-refractivity contribution in [2.24, 2.45) is 0 Å². The second-order valence-electron chi connectivity index (χ2n) is 7.87. The molecule has 0 radical (unpaired) electrons. The van der Waals surface area contributed by atoms with Crippen LogP contribution in [0.15, 0.2) is 60.2 Å². The van der Waals surface area contributed by atoms with Crippen molar-refractivity contribution < 1.29 is 19.4 Å². The van der Waals surface area contributed by atoms with Crippen LogP contribution in [0.25, 0.3) is 5.76 Å². The molecule has 5 heteroatoms. The number of nitrogens with zero attached hydrogens (tertiary/aromatic N) is 1. The molecule has 0 spiro atoms. The predicted molar refractivity (Wildman–Crippen MR) is 115 cm³/mol. The molecule has 1 saturated carbocycles. The molecule has 1 saturated heterocycles. The van der Waals surface area contributed by atoms with E-state index in [2.05, 4.69) is 0 Å². The van der Waals surface area contributed by atoms with E-state index in [9.17, 15) is 14.7 Å². The largest absolute Gasteiger partial charge is 0.507 e. The fourth-order valence-electron chi connectivity index (χ4n) is 4.58. The second-order valence-corrected chi connectivity index (χ2v) is 7.87. The minimum atomic E-state index is -0.610. The molecule has 30 heavy (non-hydrogen) atoms. The summed E-state index contributed by atoms with van der Waals surface area (Å²) >= 11 is 0. The van der Waals surface area contributed by atoms with Crippen LogP contribution < -0.4 is 4.74 Å². The zero-order valence-corrected chi connectivity index (χ0v) is 17.2. The Hall–Kier alpha value is -3.08. The molecule has 2 aromatic rings. The number of amides is 1. The van der Waals surface area contributed by atoms with Gasteiger partial charge >= 0.3 is 0 Å². The maximum absolute atomic E-state index is 13.1. The number of aliphatic hydroxyl groups excluding tert-OH is 1. The molecule has 156 valence electrons. The van der Waals surface area contributed by atoms with Crippen LogP contribution in [0, 0.1) is 0 Å². The van der Waals surface area contributed by atoms with E-state index >= 15 is 0 Å². The Labute approximate surface area is 177 Å². The van der Waals surface area contributed by atoms with Gasteiger partial charge in [0.15, 0.2) is 0 Å². The van der Waals surface area contributed by atoms with Crippen molar-refractivity contribution in [3.63, 3.8) is 0 Å². The Kier molecular flexibility index (Phi) is 5.88. The zero-order chi connectivity index (χ0) is 21.1. The highest BCUT2D eigenvalue weighted by atomic mass is 16.5. The topological polar surface area (TPSA) is 66.8 Å². The van der Waals surface area contributed by atoms with E-state index < -0.39 is 17.7 Å². The lowest BCUT2D eigenvalue weighted by atomic mass is 9.91. The van der Waals surface area contributed by atoms with Gasteiger partial charge in [-0.15, -0.1) is 0 Å². The number of hydrogen-bond donors (Lipinski definition) is 1. The Morgan fingerprint density at radius 3 is 2.30 bits per heavy atom. The molecular formula is C25H27NO4. The molecule has 4 rings (SSSR count). The summed E-state index contributed by atoms with van der Waals surface area (Å²) in [5.41, 5.74) is 1.51. The fourth-order valence-corrected chi connectivity index (χ4v) is 4.58. The lowest BCUT2D eigenvalue weighted by Gasteiger charge is -2.35. The number of carbonyl (C=O) groups is 2. The number of Topliss-reactive ketones (excluding diaryl/α,β-unsaturated/α-hetero) is 1. The van der Waals surface area contributed by atoms with E-state index in [0.717, 1.165) is 37.7 Å². The zero-order valence-electron chi connectivity index (χ0n) is 17.2. The Morgan fingerprint density at radius 1 is 1.00 bits per heavy atom. The summed E-state index contributed by atoms with van der Waals surface area (Å²) in [6, 6.07) is 15.9. The van der Waals surface area contributed by atoms with Crippen molar-refractivity contribution in [2.75, 3.05) is 6.61 Å². The van der Waals surface area contributed by atoms with Gasteiger partial charge in [-0.25, -0.2) is 0 Å². The molecule has 2 aliphatic rings. The maximum atomic E-state index is 13.1. The molecular weight excluding hydrogens is 378 g/mol. The maximum Gasteiger partial charge on any atom is 0.295 e. The van der Waals surface area contributed by atoms with Gasteiger partial charge in [-0.3, -0.25) is 9.59 Å². The Bertz CT molecular complexity index is 943.